The lowest BCUT2D eigenvalue weighted by atomic mass is 10.1. The number of hydrogen-bond acceptors (Lipinski definition) is 9. The summed E-state index contributed by atoms with van der Waals surface area (Å²) in [4.78, 5) is 45.4. The van der Waals surface area contributed by atoms with Crippen LogP contribution in [0.4, 0.5) is 0 Å². The van der Waals surface area contributed by atoms with Gasteiger partial charge in [-0.05, 0) is 32.1 Å². The van der Waals surface area contributed by atoms with Crippen LogP contribution in [0.1, 0.15) is 110 Å². The maximum absolute atomic E-state index is 12.5. The number of allylic oxidation sites excluding steroid dienone is 8. The third-order valence-corrected chi connectivity index (χ3v) is 7.39. The maximum Gasteiger partial charge on any atom is 0.472 e. The number of carboxylic acids is 1. The SMILES string of the molecule is CC/C=C/C=C/C=C/C=C/CCCCCC(=O)OC(COC(=O)CCCCCCCCCC)COP(=O)(O)OC[C@H](N)C(=O)O. The van der Waals surface area contributed by atoms with Crippen LogP contribution >= 0.6 is 7.82 Å². The number of carbonyl (C=O) groups is 3. The summed E-state index contributed by atoms with van der Waals surface area (Å²) in [5, 5.41) is 8.81. The highest BCUT2D eigenvalue weighted by Gasteiger charge is 2.28. The van der Waals surface area contributed by atoms with E-state index < -0.39 is 51.1 Å². The molecule has 0 radical (unpaired) electrons. The minimum absolute atomic E-state index is 0.114. The van der Waals surface area contributed by atoms with Gasteiger partial charge in [-0.1, -0.05) is 114 Å². The molecule has 0 aromatic heterocycles. The smallest absolute Gasteiger partial charge is 0.472 e. The number of aliphatic carboxylic acids is 1. The Morgan fingerprint density at radius 2 is 1.24 bits per heavy atom. The fourth-order valence-electron chi connectivity index (χ4n) is 3.84. The molecule has 0 saturated carbocycles. The van der Waals surface area contributed by atoms with Crippen molar-refractivity contribution in [3.63, 3.8) is 0 Å². The van der Waals surface area contributed by atoms with Gasteiger partial charge in [0.15, 0.2) is 6.10 Å². The Labute approximate surface area is 269 Å². The van der Waals surface area contributed by atoms with E-state index in [1.807, 2.05) is 36.5 Å². The zero-order valence-electron chi connectivity index (χ0n) is 27.2. The lowest BCUT2D eigenvalue weighted by Gasteiger charge is -2.20. The van der Waals surface area contributed by atoms with Crippen molar-refractivity contribution in [1.29, 1.82) is 0 Å². The molecule has 0 aliphatic carbocycles. The van der Waals surface area contributed by atoms with Gasteiger partial charge in [0, 0.05) is 12.8 Å². The van der Waals surface area contributed by atoms with E-state index in [2.05, 4.69) is 30.5 Å². The molecule has 0 aliphatic rings. The van der Waals surface area contributed by atoms with E-state index >= 15 is 0 Å². The van der Waals surface area contributed by atoms with E-state index in [4.69, 9.17) is 24.8 Å². The molecule has 0 aromatic carbocycles. The molecule has 0 aliphatic heterocycles. The predicted octanol–water partition coefficient (Wildman–Crippen LogP) is 7.10. The molecule has 2 unspecified atom stereocenters. The Morgan fingerprint density at radius 3 is 1.87 bits per heavy atom. The minimum Gasteiger partial charge on any atom is -0.480 e. The normalized spacial score (nSPS) is 14.8. The molecule has 3 atom stereocenters. The molecular formula is C33H56NO10P. The van der Waals surface area contributed by atoms with Crippen LogP contribution in [0, 0.1) is 0 Å². The highest BCUT2D eigenvalue weighted by molar-refractivity contribution is 7.47. The van der Waals surface area contributed by atoms with Gasteiger partial charge in [-0.15, -0.1) is 0 Å². The summed E-state index contributed by atoms with van der Waals surface area (Å²) in [7, 11) is -4.71. The first kappa shape index (κ1) is 42.4. The second-order valence-corrected chi connectivity index (χ2v) is 12.1. The average Bonchev–Trinajstić information content (AvgIpc) is 3.00. The predicted molar refractivity (Wildman–Crippen MR) is 175 cm³/mol. The van der Waals surface area contributed by atoms with E-state index in [0.29, 0.717) is 12.8 Å². The molecule has 0 rings (SSSR count). The molecule has 45 heavy (non-hydrogen) atoms. The second kappa shape index (κ2) is 28.9. The molecular weight excluding hydrogens is 601 g/mol. The van der Waals surface area contributed by atoms with E-state index in [1.165, 1.54) is 25.7 Å². The molecule has 12 heteroatoms. The summed E-state index contributed by atoms with van der Waals surface area (Å²) in [6.45, 7) is 2.53. The summed E-state index contributed by atoms with van der Waals surface area (Å²) >= 11 is 0. The molecule has 0 heterocycles. The Kier molecular flexibility index (Phi) is 27.2. The van der Waals surface area contributed by atoms with Crippen LogP contribution in [-0.2, 0) is 37.5 Å². The first-order valence-electron chi connectivity index (χ1n) is 16.2. The van der Waals surface area contributed by atoms with Crippen molar-refractivity contribution in [1.82, 2.24) is 0 Å². The van der Waals surface area contributed by atoms with Crippen LogP contribution in [-0.4, -0.2) is 59.9 Å². The lowest BCUT2D eigenvalue weighted by Crippen LogP contribution is -2.34. The van der Waals surface area contributed by atoms with Crippen LogP contribution < -0.4 is 5.73 Å². The Hall–Kier alpha value is -2.56. The van der Waals surface area contributed by atoms with Gasteiger partial charge in [0.05, 0.1) is 13.2 Å². The molecule has 4 N–H and O–H groups in total. The highest BCUT2D eigenvalue weighted by atomic mass is 31.2. The van der Waals surface area contributed by atoms with Crippen LogP contribution in [0.5, 0.6) is 0 Å². The van der Waals surface area contributed by atoms with Gasteiger partial charge >= 0.3 is 25.7 Å². The van der Waals surface area contributed by atoms with Gasteiger partial charge in [-0.25, -0.2) is 4.57 Å². The number of carbonyl (C=O) groups excluding carboxylic acids is 2. The molecule has 0 saturated heterocycles. The van der Waals surface area contributed by atoms with Crippen molar-refractivity contribution in [3.8, 4) is 0 Å². The fourth-order valence-corrected chi connectivity index (χ4v) is 4.62. The molecule has 0 bridgehead atoms. The maximum atomic E-state index is 12.5. The summed E-state index contributed by atoms with van der Waals surface area (Å²) in [5.74, 6) is -2.45. The van der Waals surface area contributed by atoms with Crippen LogP contribution in [0.3, 0.4) is 0 Å². The number of nitrogens with two attached hydrogens (primary N) is 1. The first-order chi connectivity index (χ1) is 21.6. The highest BCUT2D eigenvalue weighted by Crippen LogP contribution is 2.43. The summed E-state index contributed by atoms with van der Waals surface area (Å²) in [5.41, 5.74) is 5.28. The number of phosphoric ester groups is 1. The van der Waals surface area contributed by atoms with Gasteiger partial charge in [-0.2, -0.15) is 0 Å². The number of rotatable bonds is 29. The fraction of sp³-hybridized carbons (Fsp3) is 0.667. The number of phosphoric acid groups is 1. The van der Waals surface area contributed by atoms with Crippen molar-refractivity contribution < 1.29 is 47.5 Å². The number of hydrogen-bond donors (Lipinski definition) is 3. The number of unbranched alkanes of at least 4 members (excludes halogenated alkanes) is 10. The van der Waals surface area contributed by atoms with Crippen LogP contribution in [0.15, 0.2) is 48.6 Å². The van der Waals surface area contributed by atoms with Crippen molar-refractivity contribution >= 4 is 25.7 Å². The van der Waals surface area contributed by atoms with Gasteiger partial charge in [0.25, 0.3) is 0 Å². The third-order valence-electron chi connectivity index (χ3n) is 6.44. The van der Waals surface area contributed by atoms with Gasteiger partial charge in [0.1, 0.15) is 12.6 Å². The van der Waals surface area contributed by atoms with Crippen LogP contribution in [0.25, 0.3) is 0 Å². The standard InChI is InChI=1S/C33H56NO10P/c1-3-5-7-9-11-13-14-15-16-17-19-21-23-25-32(36)44-29(27-42-45(39,40)43-28-30(34)33(37)38)26-41-31(35)24-22-20-18-12-10-8-6-4-2/h5,7,9,11,13-16,29-30H,3-4,6,8,10,12,17-28,34H2,1-2H3,(H,37,38)(H,39,40)/b7-5+,11-9+,14-13+,16-15+/t29?,30-/m0/s1. The number of ether oxygens (including phenoxy) is 2. The minimum atomic E-state index is -4.71. The second-order valence-electron chi connectivity index (χ2n) is 10.7. The third kappa shape index (κ3) is 28.6. The van der Waals surface area contributed by atoms with E-state index in [9.17, 15) is 23.8 Å². The Bertz CT molecular complexity index is 963. The number of carboxylic acid groups (broad SMARTS) is 1. The molecule has 11 nitrogen and oxygen atoms in total. The molecule has 0 amide bonds. The molecule has 0 fully saturated rings. The van der Waals surface area contributed by atoms with Gasteiger partial charge < -0.3 is 25.2 Å². The number of esters is 2. The quantitative estimate of drug-likeness (QED) is 0.0324. The lowest BCUT2D eigenvalue weighted by molar-refractivity contribution is -0.161. The molecule has 258 valence electrons. The Balaban J connectivity index is 4.62. The first-order valence-corrected chi connectivity index (χ1v) is 17.7. The van der Waals surface area contributed by atoms with E-state index in [1.54, 1.807) is 0 Å². The largest absolute Gasteiger partial charge is 0.480 e. The topological polar surface area (TPSA) is 172 Å². The van der Waals surface area contributed by atoms with Crippen LogP contribution in [0.2, 0.25) is 0 Å². The van der Waals surface area contributed by atoms with E-state index in [0.717, 1.165) is 44.9 Å². The summed E-state index contributed by atoms with van der Waals surface area (Å²) in [6.07, 6.45) is 27.9. The van der Waals surface area contributed by atoms with Crippen molar-refractivity contribution in [2.24, 2.45) is 5.73 Å². The zero-order valence-corrected chi connectivity index (χ0v) is 28.1. The summed E-state index contributed by atoms with van der Waals surface area (Å²) < 4.78 is 32.3. The monoisotopic (exact) mass is 657 g/mol. The Morgan fingerprint density at radius 1 is 0.711 bits per heavy atom. The van der Waals surface area contributed by atoms with Gasteiger partial charge in [0.2, 0.25) is 0 Å². The molecule has 0 spiro atoms. The van der Waals surface area contributed by atoms with Gasteiger partial charge in [-0.3, -0.25) is 23.4 Å². The average molecular weight is 658 g/mol. The van der Waals surface area contributed by atoms with E-state index in [-0.39, 0.29) is 19.4 Å². The van der Waals surface area contributed by atoms with Crippen molar-refractivity contribution in [3.05, 3.63) is 48.6 Å². The molecule has 0 aromatic rings. The zero-order chi connectivity index (χ0) is 33.6. The van der Waals surface area contributed by atoms with Crippen molar-refractivity contribution in [2.45, 2.75) is 122 Å². The van der Waals surface area contributed by atoms with Crippen molar-refractivity contribution in [2.75, 3.05) is 19.8 Å². The summed E-state index contributed by atoms with van der Waals surface area (Å²) in [6, 6.07) is -1.53.